The molecule has 0 bridgehead atoms. The zero-order chi connectivity index (χ0) is 30.3. The van der Waals surface area contributed by atoms with Crippen molar-refractivity contribution in [2.24, 2.45) is 0 Å². The van der Waals surface area contributed by atoms with Crippen molar-refractivity contribution in [2.45, 2.75) is 162 Å². The van der Waals surface area contributed by atoms with Gasteiger partial charge in [0.25, 0.3) is 0 Å². The number of nitrogens with zero attached hydrogens (tertiary/aromatic N) is 2. The largest absolute Gasteiger partial charge is 1.00 e. The van der Waals surface area contributed by atoms with Gasteiger partial charge in [-0.15, -0.1) is 0 Å². The fourth-order valence-corrected chi connectivity index (χ4v) is 5.66. The summed E-state index contributed by atoms with van der Waals surface area (Å²) in [6.45, 7) is 8.17. The average molecular weight is 717 g/mol. The Hall–Kier alpha value is -1.26. The van der Waals surface area contributed by atoms with Gasteiger partial charge in [-0.1, -0.05) is 109 Å². The van der Waals surface area contributed by atoms with Crippen LogP contribution in [-0.2, 0) is 32.1 Å². The highest BCUT2D eigenvalue weighted by molar-refractivity contribution is 5.90. The Morgan fingerprint density at radius 1 is 0.814 bits per heavy atom. The Balaban J connectivity index is 0.00000924. The van der Waals surface area contributed by atoms with Crippen LogP contribution in [0.1, 0.15) is 142 Å². The first kappa shape index (κ1) is 39.8. The summed E-state index contributed by atoms with van der Waals surface area (Å²) in [5.74, 6) is -0.334. The maximum Gasteiger partial charge on any atom is 0.417 e. The molecule has 2 rings (SSSR count). The number of hydrogen-bond acceptors (Lipinski definition) is 5. The zero-order valence-electron chi connectivity index (χ0n) is 27.5. The lowest BCUT2D eigenvalue weighted by atomic mass is 10.0. The molecule has 7 nitrogen and oxygen atoms in total. The van der Waals surface area contributed by atoms with Crippen molar-refractivity contribution in [3.63, 3.8) is 0 Å². The van der Waals surface area contributed by atoms with Gasteiger partial charge in [0, 0.05) is 25.7 Å². The number of aromatic nitrogens is 1. The minimum atomic E-state index is -0.624. The van der Waals surface area contributed by atoms with E-state index in [2.05, 4.69) is 6.92 Å². The lowest BCUT2D eigenvalue weighted by Crippen LogP contribution is -3.00. The molecule has 1 aliphatic heterocycles. The molecule has 8 heteroatoms. The molecule has 43 heavy (non-hydrogen) atoms. The Kier molecular flexibility index (Phi) is 24.0. The number of amides is 2. The summed E-state index contributed by atoms with van der Waals surface area (Å²) in [6.07, 6.45) is 24.8. The van der Waals surface area contributed by atoms with Crippen molar-refractivity contribution in [1.82, 2.24) is 4.90 Å². The highest BCUT2D eigenvalue weighted by Crippen LogP contribution is 2.21. The maximum absolute atomic E-state index is 12.7. The molecule has 2 amide bonds. The molecule has 2 unspecified atom stereocenters. The van der Waals surface area contributed by atoms with Crippen LogP contribution in [0, 0.1) is 0 Å². The predicted octanol–water partition coefficient (Wildman–Crippen LogP) is 5.31. The second kappa shape index (κ2) is 26.0. The molecule has 0 spiro atoms. The third kappa shape index (κ3) is 18.3. The smallest absolute Gasteiger partial charge is 0.417 e. The van der Waals surface area contributed by atoms with Crippen molar-refractivity contribution < 1.29 is 52.3 Å². The van der Waals surface area contributed by atoms with Crippen LogP contribution in [0.2, 0.25) is 0 Å². The van der Waals surface area contributed by atoms with Gasteiger partial charge in [0.2, 0.25) is 11.6 Å². The number of carbonyl (C=O) groups excluding carboxylic acids is 2. The van der Waals surface area contributed by atoms with Gasteiger partial charge >= 0.3 is 6.09 Å². The standard InChI is InChI=1S/C35H61N2O5.HI/c1-4-6-7-8-9-10-11-12-13-14-15-16-17-18-19-22-27-40-29-33-24-25-34(42-33)30-41-35(39)37(31(3)38)28-32-23-20-21-26-36(32)5-2;/h20-21,23,26,33-34H,4-19,22,24-25,27-30H2,1-3H3;1H/q+1;/p-1. The number of aryl methyl sites for hydroxylation is 1. The second-order valence-electron chi connectivity index (χ2n) is 12.0. The molecule has 0 radical (unpaired) electrons. The average Bonchev–Trinajstić information content (AvgIpc) is 3.45. The molecule has 0 aromatic carbocycles. The molecule has 1 aromatic rings. The van der Waals surface area contributed by atoms with Crippen molar-refractivity contribution >= 4 is 12.0 Å². The van der Waals surface area contributed by atoms with Crippen LogP contribution < -0.4 is 28.5 Å². The molecule has 248 valence electrons. The zero-order valence-corrected chi connectivity index (χ0v) is 29.7. The lowest BCUT2D eigenvalue weighted by molar-refractivity contribution is -0.701. The Morgan fingerprint density at radius 3 is 1.88 bits per heavy atom. The molecule has 1 aromatic heterocycles. The molecule has 2 heterocycles. The van der Waals surface area contributed by atoms with Crippen LogP contribution in [0.25, 0.3) is 0 Å². The van der Waals surface area contributed by atoms with E-state index in [1.165, 1.54) is 103 Å². The van der Waals surface area contributed by atoms with Crippen molar-refractivity contribution in [3.8, 4) is 0 Å². The van der Waals surface area contributed by atoms with Crippen LogP contribution in [0.5, 0.6) is 0 Å². The molecule has 1 aliphatic rings. The SMILES string of the molecule is CCCCCCCCCCCCCCCCCCOCC1CCC(COC(=O)N(Cc2cccc[n+]2CC)C(C)=O)O1.[I-]. The number of rotatable bonds is 24. The summed E-state index contributed by atoms with van der Waals surface area (Å²) >= 11 is 0. The number of halogens is 1. The van der Waals surface area contributed by atoms with Gasteiger partial charge in [0.1, 0.15) is 19.7 Å². The minimum absolute atomic E-state index is 0. The minimum Gasteiger partial charge on any atom is -1.00 e. The van der Waals surface area contributed by atoms with E-state index >= 15 is 0 Å². The van der Waals surface area contributed by atoms with Gasteiger partial charge in [-0.3, -0.25) is 4.79 Å². The van der Waals surface area contributed by atoms with E-state index in [0.717, 1.165) is 43.0 Å². The third-order valence-electron chi connectivity index (χ3n) is 8.33. The Morgan fingerprint density at radius 2 is 1.35 bits per heavy atom. The summed E-state index contributed by atoms with van der Waals surface area (Å²) < 4.78 is 19.4. The first-order valence-corrected chi connectivity index (χ1v) is 17.2. The van der Waals surface area contributed by atoms with E-state index in [1.54, 1.807) is 0 Å². The molecule has 2 atom stereocenters. The van der Waals surface area contributed by atoms with E-state index < -0.39 is 6.09 Å². The number of ether oxygens (including phenoxy) is 3. The summed E-state index contributed by atoms with van der Waals surface area (Å²) in [5.41, 5.74) is 0.880. The van der Waals surface area contributed by atoms with Gasteiger partial charge in [0.15, 0.2) is 6.20 Å². The second-order valence-corrected chi connectivity index (χ2v) is 12.0. The van der Waals surface area contributed by atoms with Gasteiger partial charge in [-0.05, 0) is 26.2 Å². The Labute approximate surface area is 279 Å². The van der Waals surface area contributed by atoms with E-state index in [1.807, 2.05) is 35.9 Å². The molecule has 1 saturated heterocycles. The van der Waals surface area contributed by atoms with E-state index in [-0.39, 0.29) is 55.2 Å². The van der Waals surface area contributed by atoms with Gasteiger partial charge in [-0.2, -0.15) is 0 Å². The number of hydrogen-bond donors (Lipinski definition) is 0. The summed E-state index contributed by atoms with van der Waals surface area (Å²) in [7, 11) is 0. The van der Waals surface area contributed by atoms with E-state index in [9.17, 15) is 9.59 Å². The van der Waals surface area contributed by atoms with Crippen molar-refractivity contribution in [2.75, 3.05) is 19.8 Å². The van der Waals surface area contributed by atoms with Crippen molar-refractivity contribution in [3.05, 3.63) is 30.1 Å². The van der Waals surface area contributed by atoms with Crippen LogP contribution in [0.3, 0.4) is 0 Å². The summed E-state index contributed by atoms with van der Waals surface area (Å²) in [5, 5.41) is 0. The van der Waals surface area contributed by atoms with Gasteiger partial charge in [-0.25, -0.2) is 14.3 Å². The quantitative estimate of drug-likeness (QED) is 0.0825. The summed E-state index contributed by atoms with van der Waals surface area (Å²) in [6, 6.07) is 5.75. The fourth-order valence-electron chi connectivity index (χ4n) is 5.66. The third-order valence-corrected chi connectivity index (χ3v) is 8.33. The monoisotopic (exact) mass is 716 g/mol. The normalized spacial score (nSPS) is 16.2. The van der Waals surface area contributed by atoms with Crippen LogP contribution in [0.4, 0.5) is 4.79 Å². The molecule has 0 saturated carbocycles. The molecular formula is C35H61IN2O5. The highest BCUT2D eigenvalue weighted by atomic mass is 127. The van der Waals surface area contributed by atoms with E-state index in [4.69, 9.17) is 14.2 Å². The van der Waals surface area contributed by atoms with Gasteiger partial charge in [0.05, 0.1) is 18.8 Å². The van der Waals surface area contributed by atoms with Crippen LogP contribution in [-0.4, -0.2) is 48.9 Å². The van der Waals surface area contributed by atoms with E-state index in [0.29, 0.717) is 6.61 Å². The number of carbonyl (C=O) groups is 2. The molecule has 0 aliphatic carbocycles. The first-order valence-electron chi connectivity index (χ1n) is 17.2. The van der Waals surface area contributed by atoms with Crippen LogP contribution >= 0.6 is 0 Å². The number of imide groups is 1. The highest BCUT2D eigenvalue weighted by Gasteiger charge is 2.29. The maximum atomic E-state index is 12.7. The first-order chi connectivity index (χ1) is 20.5. The molecular weight excluding hydrogens is 655 g/mol. The molecule has 1 fully saturated rings. The lowest BCUT2D eigenvalue weighted by Gasteiger charge is -2.19. The van der Waals surface area contributed by atoms with Gasteiger partial charge < -0.3 is 38.2 Å². The van der Waals surface area contributed by atoms with Crippen molar-refractivity contribution in [1.29, 1.82) is 0 Å². The summed E-state index contributed by atoms with van der Waals surface area (Å²) in [4.78, 5) is 26.0. The number of pyridine rings is 1. The molecule has 0 N–H and O–H groups in total. The fraction of sp³-hybridized carbons (Fsp3) is 0.800. The predicted molar refractivity (Wildman–Crippen MR) is 168 cm³/mol. The number of unbranched alkanes of at least 4 members (excludes halogenated alkanes) is 15. The topological polar surface area (TPSA) is 69.0 Å². The van der Waals surface area contributed by atoms with Crippen LogP contribution in [0.15, 0.2) is 24.4 Å². The Bertz CT molecular complexity index is 855.